The second kappa shape index (κ2) is 6.54. The lowest BCUT2D eigenvalue weighted by Crippen LogP contribution is -2.40. The molecular formula is C17H21ClN4O. The Morgan fingerprint density at radius 3 is 2.35 bits per heavy atom. The Morgan fingerprint density at radius 2 is 1.83 bits per heavy atom. The van der Waals surface area contributed by atoms with Crippen LogP contribution in [0.5, 0.6) is 0 Å². The van der Waals surface area contributed by atoms with Gasteiger partial charge in [0.1, 0.15) is 11.5 Å². The number of halogens is 1. The van der Waals surface area contributed by atoms with Crippen molar-refractivity contribution >= 4 is 29.0 Å². The molecule has 0 saturated heterocycles. The Bertz CT molecular complexity index is 697. The van der Waals surface area contributed by atoms with E-state index in [9.17, 15) is 4.79 Å². The van der Waals surface area contributed by atoms with Crippen LogP contribution in [0.4, 0.5) is 11.5 Å². The molecule has 6 heteroatoms. The lowest BCUT2D eigenvalue weighted by molar-refractivity contribution is 0.0914. The van der Waals surface area contributed by atoms with Crippen molar-refractivity contribution in [3.8, 4) is 0 Å². The molecule has 0 aliphatic carbocycles. The standard InChI is InChI=1S/C17H21ClN4O/c1-10-6-11(2)15(12(18)7-10)21-14-9-19-13(8-20-14)16(23)22-17(3,4)5/h6-9H,1-5H3,(H,20,21)(H,22,23). The molecule has 0 bridgehead atoms. The quantitative estimate of drug-likeness (QED) is 0.890. The van der Waals surface area contributed by atoms with Crippen LogP contribution in [-0.4, -0.2) is 21.4 Å². The van der Waals surface area contributed by atoms with Gasteiger partial charge in [-0.25, -0.2) is 9.97 Å². The van der Waals surface area contributed by atoms with E-state index in [-0.39, 0.29) is 17.1 Å². The highest BCUT2D eigenvalue weighted by atomic mass is 35.5. The molecule has 1 aromatic heterocycles. The zero-order valence-electron chi connectivity index (χ0n) is 14.0. The number of benzene rings is 1. The minimum absolute atomic E-state index is 0.249. The fourth-order valence-electron chi connectivity index (χ4n) is 2.12. The first kappa shape index (κ1) is 17.2. The number of aromatic nitrogens is 2. The molecular weight excluding hydrogens is 312 g/mol. The number of hydrogen-bond acceptors (Lipinski definition) is 4. The number of aryl methyl sites for hydroxylation is 2. The maximum absolute atomic E-state index is 12.0. The summed E-state index contributed by atoms with van der Waals surface area (Å²) in [5, 5.41) is 6.61. The Labute approximate surface area is 141 Å². The number of nitrogens with zero attached hydrogens (tertiary/aromatic N) is 2. The molecule has 0 saturated carbocycles. The van der Waals surface area contributed by atoms with E-state index in [2.05, 4.69) is 20.6 Å². The number of carbonyl (C=O) groups is 1. The fraction of sp³-hybridized carbons (Fsp3) is 0.353. The van der Waals surface area contributed by atoms with Crippen molar-refractivity contribution in [1.82, 2.24) is 15.3 Å². The van der Waals surface area contributed by atoms with Crippen molar-refractivity contribution in [1.29, 1.82) is 0 Å². The minimum Gasteiger partial charge on any atom is -0.346 e. The SMILES string of the molecule is Cc1cc(C)c(Nc2cnc(C(=O)NC(C)(C)C)cn2)c(Cl)c1. The van der Waals surface area contributed by atoms with E-state index in [0.29, 0.717) is 10.8 Å². The number of amides is 1. The molecule has 23 heavy (non-hydrogen) atoms. The Kier molecular flexibility index (Phi) is 4.90. The van der Waals surface area contributed by atoms with Gasteiger partial charge in [0.05, 0.1) is 23.1 Å². The summed E-state index contributed by atoms with van der Waals surface area (Å²) >= 11 is 6.26. The van der Waals surface area contributed by atoms with Crippen LogP contribution in [0.3, 0.4) is 0 Å². The number of hydrogen-bond donors (Lipinski definition) is 2. The molecule has 0 aliphatic heterocycles. The summed E-state index contributed by atoms with van der Waals surface area (Å²) < 4.78 is 0. The summed E-state index contributed by atoms with van der Waals surface area (Å²) in [7, 11) is 0. The first-order valence-electron chi connectivity index (χ1n) is 7.34. The first-order chi connectivity index (χ1) is 10.7. The van der Waals surface area contributed by atoms with E-state index < -0.39 is 0 Å². The second-order valence-electron chi connectivity index (χ2n) is 6.55. The molecule has 122 valence electrons. The molecule has 2 aromatic rings. The number of anilines is 2. The van der Waals surface area contributed by atoms with Gasteiger partial charge in [-0.05, 0) is 51.8 Å². The maximum atomic E-state index is 12.0. The predicted molar refractivity (Wildman–Crippen MR) is 93.5 cm³/mol. The average Bonchev–Trinajstić information content (AvgIpc) is 2.41. The van der Waals surface area contributed by atoms with Crippen LogP contribution in [-0.2, 0) is 0 Å². The fourth-order valence-corrected chi connectivity index (χ4v) is 2.48. The van der Waals surface area contributed by atoms with Crippen molar-refractivity contribution in [3.05, 3.63) is 46.4 Å². The maximum Gasteiger partial charge on any atom is 0.271 e. The molecule has 0 atom stereocenters. The zero-order chi connectivity index (χ0) is 17.2. The van der Waals surface area contributed by atoms with Gasteiger partial charge in [0, 0.05) is 5.54 Å². The zero-order valence-corrected chi connectivity index (χ0v) is 14.7. The summed E-state index contributed by atoms with van der Waals surface area (Å²) in [5.74, 6) is 0.285. The molecule has 1 aromatic carbocycles. The summed E-state index contributed by atoms with van der Waals surface area (Å²) in [6, 6.07) is 3.92. The summed E-state index contributed by atoms with van der Waals surface area (Å²) in [5.41, 5.74) is 2.86. The average molecular weight is 333 g/mol. The summed E-state index contributed by atoms with van der Waals surface area (Å²) in [4.78, 5) is 20.4. The van der Waals surface area contributed by atoms with Gasteiger partial charge < -0.3 is 10.6 Å². The van der Waals surface area contributed by atoms with Crippen molar-refractivity contribution < 1.29 is 4.79 Å². The number of rotatable bonds is 3. The third-order valence-electron chi connectivity index (χ3n) is 3.06. The molecule has 5 nitrogen and oxygen atoms in total. The molecule has 2 N–H and O–H groups in total. The van der Waals surface area contributed by atoms with E-state index in [4.69, 9.17) is 11.6 Å². The second-order valence-corrected chi connectivity index (χ2v) is 6.96. The van der Waals surface area contributed by atoms with Crippen molar-refractivity contribution in [3.63, 3.8) is 0 Å². The molecule has 1 heterocycles. The van der Waals surface area contributed by atoms with E-state index in [1.165, 1.54) is 12.4 Å². The Morgan fingerprint density at radius 1 is 1.13 bits per heavy atom. The smallest absolute Gasteiger partial charge is 0.271 e. The molecule has 0 unspecified atom stereocenters. The van der Waals surface area contributed by atoms with Gasteiger partial charge in [0.2, 0.25) is 0 Å². The van der Waals surface area contributed by atoms with Gasteiger partial charge in [-0.3, -0.25) is 4.79 Å². The van der Waals surface area contributed by atoms with Crippen LogP contribution in [0.2, 0.25) is 5.02 Å². The highest BCUT2D eigenvalue weighted by Crippen LogP contribution is 2.29. The Hall–Kier alpha value is -2.14. The van der Waals surface area contributed by atoms with E-state index in [1.54, 1.807) is 0 Å². The van der Waals surface area contributed by atoms with Crippen molar-refractivity contribution in [2.45, 2.75) is 40.2 Å². The number of nitrogens with one attached hydrogen (secondary N) is 2. The molecule has 1 amide bonds. The van der Waals surface area contributed by atoms with Crippen molar-refractivity contribution in [2.24, 2.45) is 0 Å². The van der Waals surface area contributed by atoms with E-state index in [1.807, 2.05) is 46.8 Å². The molecule has 0 spiro atoms. The van der Waals surface area contributed by atoms with E-state index in [0.717, 1.165) is 16.8 Å². The topological polar surface area (TPSA) is 66.9 Å². The van der Waals surface area contributed by atoms with Gasteiger partial charge in [-0.15, -0.1) is 0 Å². The third-order valence-corrected chi connectivity index (χ3v) is 3.36. The van der Waals surface area contributed by atoms with Gasteiger partial charge in [-0.2, -0.15) is 0 Å². The molecule has 2 rings (SSSR count). The monoisotopic (exact) mass is 332 g/mol. The Balaban J connectivity index is 2.16. The van der Waals surface area contributed by atoms with Crippen LogP contribution in [0, 0.1) is 13.8 Å². The van der Waals surface area contributed by atoms with Gasteiger partial charge >= 0.3 is 0 Å². The minimum atomic E-state index is -0.317. The van der Waals surface area contributed by atoms with Crippen molar-refractivity contribution in [2.75, 3.05) is 5.32 Å². The lowest BCUT2D eigenvalue weighted by Gasteiger charge is -2.20. The molecule has 0 fully saturated rings. The molecule has 0 radical (unpaired) electrons. The normalized spacial score (nSPS) is 11.2. The van der Waals surface area contributed by atoms with Crippen LogP contribution in [0.25, 0.3) is 0 Å². The predicted octanol–water partition coefficient (Wildman–Crippen LogP) is 4.02. The molecule has 0 aliphatic rings. The van der Waals surface area contributed by atoms with Gasteiger partial charge in [0.15, 0.2) is 0 Å². The summed E-state index contributed by atoms with van der Waals surface area (Å²) in [6.45, 7) is 9.70. The number of carbonyl (C=O) groups excluding carboxylic acids is 1. The highest BCUT2D eigenvalue weighted by Gasteiger charge is 2.16. The van der Waals surface area contributed by atoms with Crippen LogP contribution >= 0.6 is 11.6 Å². The summed E-state index contributed by atoms with van der Waals surface area (Å²) in [6.07, 6.45) is 2.97. The van der Waals surface area contributed by atoms with Crippen LogP contribution < -0.4 is 10.6 Å². The largest absolute Gasteiger partial charge is 0.346 e. The van der Waals surface area contributed by atoms with Crippen LogP contribution in [0.1, 0.15) is 42.4 Å². The highest BCUT2D eigenvalue weighted by molar-refractivity contribution is 6.33. The lowest BCUT2D eigenvalue weighted by atomic mass is 10.1. The van der Waals surface area contributed by atoms with E-state index >= 15 is 0 Å². The third kappa shape index (κ3) is 4.66. The first-order valence-corrected chi connectivity index (χ1v) is 7.72. The van der Waals surface area contributed by atoms with Gasteiger partial charge in [0.25, 0.3) is 5.91 Å². The van der Waals surface area contributed by atoms with Gasteiger partial charge in [-0.1, -0.05) is 17.7 Å². The van der Waals surface area contributed by atoms with Crippen LogP contribution in [0.15, 0.2) is 24.5 Å².